The molecule has 26 heavy (non-hydrogen) atoms. The van der Waals surface area contributed by atoms with Crippen LogP contribution in [0.25, 0.3) is 0 Å². The fraction of sp³-hybridized carbons (Fsp3) is 0.316. The average Bonchev–Trinajstić information content (AvgIpc) is 2.95. The van der Waals surface area contributed by atoms with Gasteiger partial charge in [-0.25, -0.2) is 8.42 Å². The Labute approximate surface area is 158 Å². The number of amides is 1. The van der Waals surface area contributed by atoms with E-state index in [9.17, 15) is 13.2 Å². The number of benzene rings is 2. The van der Waals surface area contributed by atoms with Gasteiger partial charge in [-0.15, -0.1) is 0 Å². The van der Waals surface area contributed by atoms with Gasteiger partial charge in [-0.1, -0.05) is 48.0 Å². The number of aryl methyl sites for hydroxylation is 1. The molecule has 1 aliphatic rings. The lowest BCUT2D eigenvalue weighted by Crippen LogP contribution is -2.40. The molecule has 5 nitrogen and oxygen atoms in total. The van der Waals surface area contributed by atoms with Crippen LogP contribution >= 0.6 is 11.6 Å². The molecule has 0 unspecified atom stereocenters. The summed E-state index contributed by atoms with van der Waals surface area (Å²) in [6.45, 7) is 1.89. The van der Waals surface area contributed by atoms with Gasteiger partial charge in [0.1, 0.15) is 6.04 Å². The van der Waals surface area contributed by atoms with Crippen molar-refractivity contribution in [3.63, 3.8) is 0 Å². The van der Waals surface area contributed by atoms with Gasteiger partial charge in [-0.3, -0.25) is 10.1 Å². The maximum atomic E-state index is 12.9. The molecule has 0 spiro atoms. The molecule has 3 rings (SSSR count). The van der Waals surface area contributed by atoms with Crippen molar-refractivity contribution in [2.45, 2.75) is 25.4 Å². The smallest absolute Gasteiger partial charge is 0.246 e. The fourth-order valence-corrected chi connectivity index (χ4v) is 4.88. The number of halogens is 1. The van der Waals surface area contributed by atoms with Gasteiger partial charge in [0.25, 0.3) is 0 Å². The van der Waals surface area contributed by atoms with Crippen LogP contribution in [0, 0.1) is 6.92 Å². The normalized spacial score (nSPS) is 19.8. The molecule has 2 N–H and O–H groups in total. The number of nitrogens with one attached hydrogen (secondary N) is 2. The van der Waals surface area contributed by atoms with Crippen molar-refractivity contribution >= 4 is 33.0 Å². The SMILES string of the molecule is Cc1ccc(NC(=O)[C@@H](N[C@@H]2CCS(=O)(=O)C2)c2ccccc2)cc1Cl. The van der Waals surface area contributed by atoms with Gasteiger partial charge in [0.2, 0.25) is 5.91 Å². The number of sulfone groups is 1. The van der Waals surface area contributed by atoms with Crippen LogP contribution in [0.3, 0.4) is 0 Å². The molecule has 138 valence electrons. The highest BCUT2D eigenvalue weighted by atomic mass is 35.5. The summed E-state index contributed by atoms with van der Waals surface area (Å²) in [5, 5.41) is 6.66. The van der Waals surface area contributed by atoms with Crippen molar-refractivity contribution in [3.8, 4) is 0 Å². The Hall–Kier alpha value is -1.89. The average molecular weight is 393 g/mol. The summed E-state index contributed by atoms with van der Waals surface area (Å²) >= 11 is 6.13. The van der Waals surface area contributed by atoms with Crippen molar-refractivity contribution in [1.82, 2.24) is 5.32 Å². The maximum absolute atomic E-state index is 12.9. The predicted molar refractivity (Wildman–Crippen MR) is 104 cm³/mol. The third kappa shape index (κ3) is 4.63. The number of hydrogen-bond donors (Lipinski definition) is 2. The van der Waals surface area contributed by atoms with Crippen molar-refractivity contribution in [1.29, 1.82) is 0 Å². The van der Waals surface area contributed by atoms with E-state index in [1.807, 2.05) is 43.3 Å². The van der Waals surface area contributed by atoms with Crippen molar-refractivity contribution < 1.29 is 13.2 Å². The lowest BCUT2D eigenvalue weighted by molar-refractivity contribution is -0.118. The molecule has 1 fully saturated rings. The van der Waals surface area contributed by atoms with E-state index in [-0.39, 0.29) is 23.5 Å². The summed E-state index contributed by atoms with van der Waals surface area (Å²) < 4.78 is 23.5. The minimum atomic E-state index is -3.03. The number of hydrogen-bond acceptors (Lipinski definition) is 4. The van der Waals surface area contributed by atoms with Crippen molar-refractivity contribution in [2.75, 3.05) is 16.8 Å². The van der Waals surface area contributed by atoms with Crippen molar-refractivity contribution in [2.24, 2.45) is 0 Å². The number of rotatable bonds is 5. The first kappa shape index (κ1) is 18.9. The first-order valence-corrected chi connectivity index (χ1v) is 10.6. The molecule has 2 atom stereocenters. The first-order chi connectivity index (χ1) is 12.3. The molecular weight excluding hydrogens is 372 g/mol. The molecule has 0 bridgehead atoms. The standard InChI is InChI=1S/C19H21ClN2O3S/c1-13-7-8-15(11-17(13)20)22-19(23)18(14-5-3-2-4-6-14)21-16-9-10-26(24,25)12-16/h2-8,11,16,18,21H,9-10,12H2,1H3,(H,22,23)/t16-,18+/m1/s1. The summed E-state index contributed by atoms with van der Waals surface area (Å²) in [6, 6.07) is 13.7. The molecular formula is C19H21ClN2O3S. The lowest BCUT2D eigenvalue weighted by Gasteiger charge is -2.22. The Bertz CT molecular complexity index is 900. The number of carbonyl (C=O) groups excluding carboxylic acids is 1. The maximum Gasteiger partial charge on any atom is 0.246 e. The lowest BCUT2D eigenvalue weighted by atomic mass is 10.0. The van der Waals surface area contributed by atoms with Gasteiger partial charge >= 0.3 is 0 Å². The summed E-state index contributed by atoms with van der Waals surface area (Å²) in [6.07, 6.45) is 0.509. The van der Waals surface area contributed by atoms with Crippen LogP contribution in [-0.2, 0) is 14.6 Å². The van der Waals surface area contributed by atoms with Crippen LogP contribution in [0.5, 0.6) is 0 Å². The Morgan fingerprint density at radius 3 is 2.54 bits per heavy atom. The van der Waals surface area contributed by atoms with Crippen LogP contribution in [-0.4, -0.2) is 31.9 Å². The van der Waals surface area contributed by atoms with E-state index < -0.39 is 15.9 Å². The third-order valence-corrected chi connectivity index (χ3v) is 6.64. The summed E-state index contributed by atoms with van der Waals surface area (Å²) in [4.78, 5) is 12.9. The largest absolute Gasteiger partial charge is 0.324 e. The summed E-state index contributed by atoms with van der Waals surface area (Å²) in [7, 11) is -3.03. The molecule has 1 saturated heterocycles. The molecule has 7 heteroatoms. The van der Waals surface area contributed by atoms with Gasteiger partial charge in [0, 0.05) is 16.8 Å². The second-order valence-corrected chi connectivity index (χ2v) is 9.20. The quantitative estimate of drug-likeness (QED) is 0.819. The fourth-order valence-electron chi connectivity index (χ4n) is 3.02. The van der Waals surface area contributed by atoms with Gasteiger partial charge in [-0.05, 0) is 36.6 Å². The number of carbonyl (C=O) groups is 1. The molecule has 1 amide bonds. The molecule has 2 aromatic carbocycles. The molecule has 1 aliphatic heterocycles. The monoisotopic (exact) mass is 392 g/mol. The highest BCUT2D eigenvalue weighted by Crippen LogP contribution is 2.23. The van der Waals surface area contributed by atoms with Crippen molar-refractivity contribution in [3.05, 3.63) is 64.7 Å². The van der Waals surface area contributed by atoms with Crippen LogP contribution in [0.1, 0.15) is 23.6 Å². The molecule has 0 saturated carbocycles. The van der Waals surface area contributed by atoms with E-state index in [1.165, 1.54) is 0 Å². The Morgan fingerprint density at radius 1 is 1.19 bits per heavy atom. The zero-order chi connectivity index (χ0) is 18.7. The highest BCUT2D eigenvalue weighted by molar-refractivity contribution is 7.91. The van der Waals surface area contributed by atoms with Gasteiger partial charge < -0.3 is 5.32 Å². The van der Waals surface area contributed by atoms with E-state index in [4.69, 9.17) is 11.6 Å². The Balaban J connectivity index is 1.80. The Morgan fingerprint density at radius 2 is 1.92 bits per heavy atom. The zero-order valence-corrected chi connectivity index (χ0v) is 16.0. The van der Waals surface area contributed by atoms with Gasteiger partial charge in [-0.2, -0.15) is 0 Å². The second-order valence-electron chi connectivity index (χ2n) is 6.56. The third-order valence-electron chi connectivity index (χ3n) is 4.47. The van der Waals surface area contributed by atoms with E-state index in [0.717, 1.165) is 11.1 Å². The predicted octanol–water partition coefficient (Wildman–Crippen LogP) is 3.10. The van der Waals surface area contributed by atoms with E-state index in [0.29, 0.717) is 17.1 Å². The molecule has 0 aromatic heterocycles. The minimum absolute atomic E-state index is 0.0555. The zero-order valence-electron chi connectivity index (χ0n) is 14.4. The topological polar surface area (TPSA) is 75.3 Å². The second kappa shape index (κ2) is 7.78. The van der Waals surface area contributed by atoms with E-state index >= 15 is 0 Å². The minimum Gasteiger partial charge on any atom is -0.324 e. The van der Waals surface area contributed by atoms with Crippen LogP contribution in [0.15, 0.2) is 48.5 Å². The molecule has 2 aromatic rings. The summed E-state index contributed by atoms with van der Waals surface area (Å²) in [5.41, 5.74) is 2.32. The number of anilines is 1. The summed E-state index contributed by atoms with van der Waals surface area (Å²) in [5.74, 6) is -0.0400. The van der Waals surface area contributed by atoms with Gasteiger partial charge in [0.15, 0.2) is 9.84 Å². The highest BCUT2D eigenvalue weighted by Gasteiger charge is 2.32. The van der Waals surface area contributed by atoms with E-state index in [1.54, 1.807) is 12.1 Å². The van der Waals surface area contributed by atoms with Gasteiger partial charge in [0.05, 0.1) is 11.5 Å². The van der Waals surface area contributed by atoms with Crippen LogP contribution in [0.4, 0.5) is 5.69 Å². The molecule has 0 aliphatic carbocycles. The van der Waals surface area contributed by atoms with E-state index in [2.05, 4.69) is 10.6 Å². The van der Waals surface area contributed by atoms with Crippen LogP contribution in [0.2, 0.25) is 5.02 Å². The first-order valence-electron chi connectivity index (χ1n) is 8.42. The molecule has 1 heterocycles. The molecule has 0 radical (unpaired) electrons. The Kier molecular flexibility index (Phi) is 5.65. The van der Waals surface area contributed by atoms with Crippen LogP contribution < -0.4 is 10.6 Å².